The van der Waals surface area contributed by atoms with Crippen LogP contribution in [0.4, 0.5) is 5.69 Å². The minimum absolute atomic E-state index is 0.231. The van der Waals surface area contributed by atoms with E-state index in [1.807, 2.05) is 13.0 Å². The van der Waals surface area contributed by atoms with Gasteiger partial charge in [-0.3, -0.25) is 10.1 Å². The summed E-state index contributed by atoms with van der Waals surface area (Å²) in [5, 5.41) is 21.0. The topological polar surface area (TPSA) is 63.4 Å². The molecule has 0 radical (unpaired) electrons. The standard InChI is InChI=1S/C9H7NO3S/c1-5-4-6-2-3-7(10(12)13)8(11)9(6)14-5/h2-4,11H,1H3. The first-order valence-electron chi connectivity index (χ1n) is 3.96. The Labute approximate surface area is 83.6 Å². The Kier molecular flexibility index (Phi) is 1.89. The van der Waals surface area contributed by atoms with E-state index >= 15 is 0 Å². The van der Waals surface area contributed by atoms with Crippen LogP contribution in [0, 0.1) is 17.0 Å². The number of phenols is 1. The first kappa shape index (κ1) is 8.96. The molecule has 0 spiro atoms. The van der Waals surface area contributed by atoms with Gasteiger partial charge in [-0.1, -0.05) is 0 Å². The van der Waals surface area contributed by atoms with Crippen LogP contribution in [0.5, 0.6) is 5.75 Å². The highest BCUT2D eigenvalue weighted by molar-refractivity contribution is 7.19. The molecule has 0 atom stereocenters. The van der Waals surface area contributed by atoms with E-state index in [1.165, 1.54) is 17.4 Å². The SMILES string of the molecule is Cc1cc2ccc([N+](=O)[O-])c(O)c2s1. The highest BCUT2D eigenvalue weighted by Crippen LogP contribution is 2.38. The second-order valence-electron chi connectivity index (χ2n) is 2.97. The van der Waals surface area contributed by atoms with Gasteiger partial charge in [-0.15, -0.1) is 11.3 Å². The molecule has 0 fully saturated rings. The molecule has 14 heavy (non-hydrogen) atoms. The average molecular weight is 209 g/mol. The molecule has 5 heteroatoms. The van der Waals surface area contributed by atoms with E-state index in [0.717, 1.165) is 10.3 Å². The second-order valence-corrected chi connectivity index (χ2v) is 4.22. The molecule has 0 saturated heterocycles. The second kappa shape index (κ2) is 2.95. The fraction of sp³-hybridized carbons (Fsp3) is 0.111. The number of hydrogen-bond donors (Lipinski definition) is 1. The van der Waals surface area contributed by atoms with Gasteiger partial charge in [-0.05, 0) is 24.4 Å². The van der Waals surface area contributed by atoms with E-state index in [9.17, 15) is 15.2 Å². The minimum atomic E-state index is -0.580. The molecule has 1 N–H and O–H groups in total. The number of nitro benzene ring substituents is 1. The smallest absolute Gasteiger partial charge is 0.312 e. The van der Waals surface area contributed by atoms with E-state index in [0.29, 0.717) is 4.70 Å². The number of thiophene rings is 1. The Morgan fingerprint density at radius 3 is 2.86 bits per heavy atom. The first-order valence-corrected chi connectivity index (χ1v) is 4.78. The first-order chi connectivity index (χ1) is 6.59. The van der Waals surface area contributed by atoms with Crippen LogP contribution in [0.15, 0.2) is 18.2 Å². The third-order valence-corrected chi connectivity index (χ3v) is 3.03. The highest BCUT2D eigenvalue weighted by Gasteiger charge is 2.16. The predicted molar refractivity (Wildman–Crippen MR) is 54.9 cm³/mol. The summed E-state index contributed by atoms with van der Waals surface area (Å²) in [7, 11) is 0. The lowest BCUT2D eigenvalue weighted by atomic mass is 10.2. The maximum absolute atomic E-state index is 10.5. The largest absolute Gasteiger partial charge is 0.501 e. The van der Waals surface area contributed by atoms with Crippen LogP contribution in [-0.4, -0.2) is 10.0 Å². The Balaban J connectivity index is 2.80. The molecule has 0 bridgehead atoms. The fourth-order valence-corrected chi connectivity index (χ4v) is 2.31. The summed E-state index contributed by atoms with van der Waals surface area (Å²) < 4.78 is 0.580. The summed E-state index contributed by atoms with van der Waals surface area (Å²) in [5.74, 6) is -0.231. The van der Waals surface area contributed by atoms with Crippen molar-refractivity contribution in [1.29, 1.82) is 0 Å². The van der Waals surface area contributed by atoms with Gasteiger partial charge in [0.2, 0.25) is 5.75 Å². The Morgan fingerprint density at radius 2 is 2.21 bits per heavy atom. The number of nitro groups is 1. The molecule has 0 saturated carbocycles. The number of phenolic OH excluding ortho intramolecular Hbond substituents is 1. The van der Waals surface area contributed by atoms with Crippen molar-refractivity contribution < 1.29 is 10.0 Å². The maximum atomic E-state index is 10.5. The van der Waals surface area contributed by atoms with Crippen molar-refractivity contribution in [1.82, 2.24) is 0 Å². The van der Waals surface area contributed by atoms with Crippen molar-refractivity contribution in [2.24, 2.45) is 0 Å². The van der Waals surface area contributed by atoms with E-state index in [4.69, 9.17) is 0 Å². The third-order valence-electron chi connectivity index (χ3n) is 1.96. The van der Waals surface area contributed by atoms with Gasteiger partial charge >= 0.3 is 5.69 Å². The zero-order valence-corrected chi connectivity index (χ0v) is 8.17. The van der Waals surface area contributed by atoms with Crippen LogP contribution < -0.4 is 0 Å². The van der Waals surface area contributed by atoms with Crippen LogP contribution in [0.1, 0.15) is 4.88 Å². The molecule has 0 aliphatic rings. The number of nitrogens with zero attached hydrogens (tertiary/aromatic N) is 1. The number of hydrogen-bond acceptors (Lipinski definition) is 4. The number of rotatable bonds is 1. The predicted octanol–water partition coefficient (Wildman–Crippen LogP) is 2.82. The van der Waals surface area contributed by atoms with E-state index < -0.39 is 4.92 Å². The molecule has 0 amide bonds. The molecule has 1 heterocycles. The Morgan fingerprint density at radius 1 is 1.50 bits per heavy atom. The maximum Gasteiger partial charge on any atom is 0.312 e. The number of fused-ring (bicyclic) bond motifs is 1. The third kappa shape index (κ3) is 1.22. The number of aryl methyl sites for hydroxylation is 1. The van der Waals surface area contributed by atoms with Crippen LogP contribution >= 0.6 is 11.3 Å². The van der Waals surface area contributed by atoms with Crippen molar-refractivity contribution in [3.05, 3.63) is 33.2 Å². The van der Waals surface area contributed by atoms with Crippen LogP contribution in [0.3, 0.4) is 0 Å². The lowest BCUT2D eigenvalue weighted by Gasteiger charge is -1.95. The summed E-state index contributed by atoms with van der Waals surface area (Å²) in [5.41, 5.74) is -0.237. The van der Waals surface area contributed by atoms with Crippen molar-refractivity contribution in [3.63, 3.8) is 0 Å². The Hall–Kier alpha value is -1.62. The number of benzene rings is 1. The Bertz CT molecular complexity index is 518. The molecular formula is C9H7NO3S. The minimum Gasteiger partial charge on any atom is -0.501 e. The summed E-state index contributed by atoms with van der Waals surface area (Å²) >= 11 is 1.36. The van der Waals surface area contributed by atoms with Crippen molar-refractivity contribution in [2.75, 3.05) is 0 Å². The molecule has 2 rings (SSSR count). The monoisotopic (exact) mass is 209 g/mol. The lowest BCUT2D eigenvalue weighted by Crippen LogP contribution is -1.87. The summed E-state index contributed by atoms with van der Waals surface area (Å²) in [4.78, 5) is 11.0. The molecule has 1 aromatic heterocycles. The van der Waals surface area contributed by atoms with Crippen molar-refractivity contribution >= 4 is 27.1 Å². The molecule has 2 aromatic rings. The zero-order valence-electron chi connectivity index (χ0n) is 7.35. The van der Waals surface area contributed by atoms with Gasteiger partial charge < -0.3 is 5.11 Å². The van der Waals surface area contributed by atoms with Gasteiger partial charge in [0.1, 0.15) is 0 Å². The van der Waals surface area contributed by atoms with E-state index in [-0.39, 0.29) is 11.4 Å². The normalized spacial score (nSPS) is 10.6. The summed E-state index contributed by atoms with van der Waals surface area (Å²) in [6.45, 7) is 1.90. The number of aromatic hydroxyl groups is 1. The van der Waals surface area contributed by atoms with Gasteiger partial charge in [0.15, 0.2) is 0 Å². The van der Waals surface area contributed by atoms with E-state index in [1.54, 1.807) is 6.07 Å². The fourth-order valence-electron chi connectivity index (χ4n) is 1.35. The lowest BCUT2D eigenvalue weighted by molar-refractivity contribution is -0.385. The quantitative estimate of drug-likeness (QED) is 0.580. The van der Waals surface area contributed by atoms with Crippen LogP contribution in [-0.2, 0) is 0 Å². The average Bonchev–Trinajstić information content (AvgIpc) is 2.46. The molecule has 0 aliphatic carbocycles. The van der Waals surface area contributed by atoms with Crippen molar-refractivity contribution in [2.45, 2.75) is 6.92 Å². The molecule has 4 nitrogen and oxygen atoms in total. The zero-order chi connectivity index (χ0) is 10.3. The highest BCUT2D eigenvalue weighted by atomic mass is 32.1. The van der Waals surface area contributed by atoms with E-state index in [2.05, 4.69) is 0 Å². The molecule has 0 aliphatic heterocycles. The van der Waals surface area contributed by atoms with Crippen molar-refractivity contribution in [3.8, 4) is 5.75 Å². The molecule has 1 aromatic carbocycles. The van der Waals surface area contributed by atoms with Gasteiger partial charge in [0, 0.05) is 10.9 Å². The van der Waals surface area contributed by atoms with Gasteiger partial charge in [-0.2, -0.15) is 0 Å². The molecule has 0 unspecified atom stereocenters. The van der Waals surface area contributed by atoms with Gasteiger partial charge in [0.05, 0.1) is 9.62 Å². The summed E-state index contributed by atoms with van der Waals surface area (Å²) in [6.07, 6.45) is 0. The summed E-state index contributed by atoms with van der Waals surface area (Å²) in [6, 6.07) is 4.87. The van der Waals surface area contributed by atoms with Gasteiger partial charge in [0.25, 0.3) is 0 Å². The van der Waals surface area contributed by atoms with Gasteiger partial charge in [-0.25, -0.2) is 0 Å². The molecule has 72 valence electrons. The van der Waals surface area contributed by atoms with Crippen LogP contribution in [0.2, 0.25) is 0 Å². The van der Waals surface area contributed by atoms with Crippen LogP contribution in [0.25, 0.3) is 10.1 Å². The molecular weight excluding hydrogens is 202 g/mol.